The molecule has 78 valence electrons. The zero-order chi connectivity index (χ0) is 10.9. The van der Waals surface area contributed by atoms with Gasteiger partial charge >= 0.3 is 0 Å². The summed E-state index contributed by atoms with van der Waals surface area (Å²) in [5.41, 5.74) is -0.783. The lowest BCUT2D eigenvalue weighted by molar-refractivity contribution is 0.110. The molecule has 0 saturated heterocycles. The molecule has 0 atom stereocenters. The Morgan fingerprint density at radius 1 is 1.50 bits per heavy atom. The average Bonchev–Trinajstić information content (AvgIpc) is 2.42. The van der Waals surface area contributed by atoms with Crippen molar-refractivity contribution in [1.82, 2.24) is 9.78 Å². The highest BCUT2D eigenvalue weighted by molar-refractivity contribution is 6.32. The third kappa shape index (κ3) is 1.77. The van der Waals surface area contributed by atoms with Crippen LogP contribution in [0.2, 0.25) is 5.15 Å². The van der Waals surface area contributed by atoms with Gasteiger partial charge in [0.2, 0.25) is 0 Å². The maximum Gasteiger partial charge on any atom is 0.282 e. The summed E-state index contributed by atoms with van der Waals surface area (Å²) in [5, 5.41) is 3.55. The summed E-state index contributed by atoms with van der Waals surface area (Å²) < 4.78 is 26.0. The van der Waals surface area contributed by atoms with Gasteiger partial charge in [-0.05, 0) is 13.8 Å². The van der Waals surface area contributed by atoms with E-state index >= 15 is 0 Å². The zero-order valence-corrected chi connectivity index (χ0v) is 8.42. The van der Waals surface area contributed by atoms with E-state index in [1.165, 1.54) is 4.68 Å². The normalized spacial score (nSPS) is 11.4. The van der Waals surface area contributed by atoms with E-state index in [4.69, 9.17) is 11.6 Å². The molecular formula is C8H9ClF2N2O. The number of halogens is 3. The molecule has 14 heavy (non-hydrogen) atoms. The third-order valence-electron chi connectivity index (χ3n) is 1.73. The van der Waals surface area contributed by atoms with E-state index in [0.717, 1.165) is 0 Å². The maximum absolute atomic E-state index is 12.4. The van der Waals surface area contributed by atoms with E-state index in [0.29, 0.717) is 6.29 Å². The molecule has 6 heteroatoms. The van der Waals surface area contributed by atoms with Crippen LogP contribution in [0.4, 0.5) is 8.78 Å². The van der Waals surface area contributed by atoms with Crippen LogP contribution in [0.15, 0.2) is 0 Å². The van der Waals surface area contributed by atoms with Gasteiger partial charge in [-0.3, -0.25) is 9.48 Å². The predicted molar refractivity (Wildman–Crippen MR) is 48.0 cm³/mol. The van der Waals surface area contributed by atoms with Gasteiger partial charge in [0, 0.05) is 6.04 Å². The highest BCUT2D eigenvalue weighted by Gasteiger charge is 2.23. The number of aldehydes is 1. The highest BCUT2D eigenvalue weighted by Crippen LogP contribution is 2.28. The minimum absolute atomic E-state index is 0.0368. The summed E-state index contributed by atoms with van der Waals surface area (Å²) in [6.07, 6.45) is -2.48. The van der Waals surface area contributed by atoms with E-state index in [9.17, 15) is 13.6 Å². The van der Waals surface area contributed by atoms with E-state index in [2.05, 4.69) is 5.10 Å². The molecule has 1 aromatic heterocycles. The summed E-state index contributed by atoms with van der Waals surface area (Å²) in [4.78, 5) is 10.5. The largest absolute Gasteiger partial charge is 0.298 e. The average molecular weight is 223 g/mol. The smallest absolute Gasteiger partial charge is 0.282 e. The molecule has 3 nitrogen and oxygen atoms in total. The molecule has 0 fully saturated rings. The lowest BCUT2D eigenvalue weighted by Gasteiger charge is -2.05. The van der Waals surface area contributed by atoms with Crippen LogP contribution >= 0.6 is 11.6 Å². The Bertz CT molecular complexity index is 349. The van der Waals surface area contributed by atoms with Crippen molar-refractivity contribution < 1.29 is 13.6 Å². The second-order valence-corrected chi connectivity index (χ2v) is 3.40. The van der Waals surface area contributed by atoms with Gasteiger partial charge in [-0.15, -0.1) is 0 Å². The fourth-order valence-corrected chi connectivity index (χ4v) is 1.43. The van der Waals surface area contributed by atoms with Gasteiger partial charge in [0.05, 0.1) is 5.56 Å². The second kappa shape index (κ2) is 4.04. The standard InChI is InChI=1S/C8H9ClF2N2O/c1-4(2)13-7(9)5(3-14)6(12-13)8(10)11/h3-4,8H,1-2H3. The second-order valence-electron chi connectivity index (χ2n) is 3.05. The van der Waals surface area contributed by atoms with Gasteiger partial charge in [0.1, 0.15) is 10.8 Å². The molecule has 1 aromatic rings. The van der Waals surface area contributed by atoms with Crippen LogP contribution in [0, 0.1) is 0 Å². The van der Waals surface area contributed by atoms with Crippen molar-refractivity contribution in [3.8, 4) is 0 Å². The lowest BCUT2D eigenvalue weighted by Crippen LogP contribution is -2.03. The Morgan fingerprint density at radius 3 is 2.36 bits per heavy atom. The number of hydrogen-bond donors (Lipinski definition) is 0. The van der Waals surface area contributed by atoms with Crippen molar-refractivity contribution in [2.75, 3.05) is 0 Å². The SMILES string of the molecule is CC(C)n1nc(C(F)F)c(C=O)c1Cl. The van der Waals surface area contributed by atoms with Crippen molar-refractivity contribution in [2.24, 2.45) is 0 Å². The molecule has 0 saturated carbocycles. The fourth-order valence-electron chi connectivity index (χ4n) is 1.06. The van der Waals surface area contributed by atoms with E-state index in [1.54, 1.807) is 13.8 Å². The summed E-state index contributed by atoms with van der Waals surface area (Å²) >= 11 is 5.70. The number of carbonyl (C=O) groups is 1. The highest BCUT2D eigenvalue weighted by atomic mass is 35.5. The van der Waals surface area contributed by atoms with Crippen LogP contribution in [0.25, 0.3) is 0 Å². The lowest BCUT2D eigenvalue weighted by atomic mass is 10.3. The number of aromatic nitrogens is 2. The first-order valence-electron chi connectivity index (χ1n) is 4.00. The van der Waals surface area contributed by atoms with Crippen molar-refractivity contribution in [3.05, 3.63) is 16.4 Å². The van der Waals surface area contributed by atoms with Crippen LogP contribution in [-0.4, -0.2) is 16.1 Å². The molecule has 0 aliphatic rings. The number of carbonyl (C=O) groups excluding carboxylic acids is 1. The molecule has 1 rings (SSSR count). The van der Waals surface area contributed by atoms with Crippen LogP contribution in [0.3, 0.4) is 0 Å². The van der Waals surface area contributed by atoms with Gasteiger partial charge in [0.25, 0.3) is 6.43 Å². The van der Waals surface area contributed by atoms with Gasteiger partial charge in [-0.1, -0.05) is 11.6 Å². The molecule has 0 radical (unpaired) electrons. The number of nitrogens with zero attached hydrogens (tertiary/aromatic N) is 2. The topological polar surface area (TPSA) is 34.9 Å². The molecule has 0 bridgehead atoms. The number of hydrogen-bond acceptors (Lipinski definition) is 2. The fraction of sp³-hybridized carbons (Fsp3) is 0.500. The van der Waals surface area contributed by atoms with Crippen LogP contribution in [-0.2, 0) is 0 Å². The maximum atomic E-state index is 12.4. The Labute approximate surface area is 84.7 Å². The van der Waals surface area contributed by atoms with Crippen molar-refractivity contribution in [2.45, 2.75) is 26.3 Å². The van der Waals surface area contributed by atoms with Crippen molar-refractivity contribution in [3.63, 3.8) is 0 Å². The Morgan fingerprint density at radius 2 is 2.07 bits per heavy atom. The molecule has 0 amide bonds. The van der Waals surface area contributed by atoms with Crippen LogP contribution < -0.4 is 0 Å². The summed E-state index contributed by atoms with van der Waals surface area (Å²) in [7, 11) is 0. The van der Waals surface area contributed by atoms with Gasteiger partial charge in [0.15, 0.2) is 6.29 Å². The Balaban J connectivity index is 3.31. The monoisotopic (exact) mass is 222 g/mol. The number of rotatable bonds is 3. The van der Waals surface area contributed by atoms with Crippen molar-refractivity contribution >= 4 is 17.9 Å². The van der Waals surface area contributed by atoms with Gasteiger partial charge in [-0.25, -0.2) is 8.78 Å². The van der Waals surface area contributed by atoms with E-state index < -0.39 is 12.1 Å². The Hall–Kier alpha value is -0.970. The zero-order valence-electron chi connectivity index (χ0n) is 7.67. The minimum Gasteiger partial charge on any atom is -0.298 e. The first kappa shape index (κ1) is 11.1. The van der Waals surface area contributed by atoms with E-state index in [1.807, 2.05) is 0 Å². The molecule has 1 heterocycles. The summed E-state index contributed by atoms with van der Waals surface area (Å²) in [5.74, 6) is 0. The van der Waals surface area contributed by atoms with Crippen molar-refractivity contribution in [1.29, 1.82) is 0 Å². The molecule has 0 spiro atoms. The Kier molecular flexibility index (Phi) is 3.21. The molecule has 0 aromatic carbocycles. The first-order valence-corrected chi connectivity index (χ1v) is 4.38. The predicted octanol–water partition coefficient (Wildman–Crippen LogP) is 2.87. The molecule has 0 N–H and O–H groups in total. The molecule has 0 aliphatic heterocycles. The van der Waals surface area contributed by atoms with Gasteiger partial charge < -0.3 is 0 Å². The first-order chi connectivity index (χ1) is 6.49. The molecule has 0 unspecified atom stereocenters. The quantitative estimate of drug-likeness (QED) is 0.737. The summed E-state index contributed by atoms with van der Waals surface area (Å²) in [6.45, 7) is 3.48. The van der Waals surface area contributed by atoms with Gasteiger partial charge in [-0.2, -0.15) is 5.10 Å². The summed E-state index contributed by atoms with van der Waals surface area (Å²) in [6, 6.07) is -0.159. The molecule has 0 aliphatic carbocycles. The molecular weight excluding hydrogens is 214 g/mol. The third-order valence-corrected chi connectivity index (χ3v) is 2.11. The van der Waals surface area contributed by atoms with Crippen LogP contribution in [0.1, 0.15) is 42.4 Å². The van der Waals surface area contributed by atoms with Crippen LogP contribution in [0.5, 0.6) is 0 Å². The minimum atomic E-state index is -2.78. The number of alkyl halides is 2. The van der Waals surface area contributed by atoms with E-state index in [-0.39, 0.29) is 16.8 Å².